The molecule has 1 aliphatic rings. The molecular formula is C27H31FN6O3. The predicted molar refractivity (Wildman–Crippen MR) is 137 cm³/mol. The van der Waals surface area contributed by atoms with Gasteiger partial charge in [-0.1, -0.05) is 37.3 Å². The average molecular weight is 507 g/mol. The maximum Gasteiger partial charge on any atom is 0.407 e. The number of amides is 1. The van der Waals surface area contributed by atoms with Crippen LogP contribution < -0.4 is 10.2 Å². The van der Waals surface area contributed by atoms with Gasteiger partial charge in [0.1, 0.15) is 29.2 Å². The Balaban J connectivity index is 1.82. The number of halogens is 1. The van der Waals surface area contributed by atoms with Crippen LogP contribution in [0.25, 0.3) is 16.8 Å². The van der Waals surface area contributed by atoms with Crippen molar-refractivity contribution < 1.29 is 18.7 Å². The Hall–Kier alpha value is -4.00. The van der Waals surface area contributed by atoms with E-state index in [1.807, 2.05) is 42.2 Å². The lowest BCUT2D eigenvalue weighted by Gasteiger charge is -2.29. The molecule has 1 aromatic carbocycles. The first-order valence-corrected chi connectivity index (χ1v) is 12.1. The number of nitrogens with zero attached hydrogens (tertiary/aromatic N) is 5. The van der Waals surface area contributed by atoms with E-state index in [2.05, 4.69) is 21.5 Å². The molecule has 1 fully saturated rings. The standard InChI is InChI=1S/C27H31FN6O3/c1-16-19(12-29)23-31-22(17(2)35)32-34(23)24(21(16)18-10-8-7-9-11-18)33-13-20(28)27(6,15-33)14-30-25(36)37-26(3,4)5/h7-11,20H,13-15H2,1-6H3,(H,30,36)/t20?,27-/m1/s1. The van der Waals surface area contributed by atoms with Crippen LogP contribution in [0.3, 0.4) is 0 Å². The second-order valence-corrected chi connectivity index (χ2v) is 10.8. The number of rotatable bonds is 5. The summed E-state index contributed by atoms with van der Waals surface area (Å²) in [5, 5.41) is 17.1. The van der Waals surface area contributed by atoms with Crippen molar-refractivity contribution in [3.8, 4) is 17.2 Å². The number of alkyl carbamates (subject to hydrolysis) is 1. The van der Waals surface area contributed by atoms with Crippen molar-refractivity contribution >= 4 is 23.3 Å². The maximum absolute atomic E-state index is 15.6. The topological polar surface area (TPSA) is 113 Å². The highest BCUT2D eigenvalue weighted by Gasteiger charge is 2.45. The number of ether oxygens (including phenoxy) is 1. The number of hydrogen-bond acceptors (Lipinski definition) is 7. The molecule has 1 saturated heterocycles. The van der Waals surface area contributed by atoms with E-state index in [0.717, 1.165) is 5.56 Å². The summed E-state index contributed by atoms with van der Waals surface area (Å²) in [4.78, 5) is 30.6. The van der Waals surface area contributed by atoms with Crippen molar-refractivity contribution in [2.75, 3.05) is 24.5 Å². The van der Waals surface area contributed by atoms with Crippen LogP contribution in [0.4, 0.5) is 15.0 Å². The van der Waals surface area contributed by atoms with Crippen molar-refractivity contribution in [3.05, 3.63) is 47.3 Å². The Morgan fingerprint density at radius 3 is 2.57 bits per heavy atom. The van der Waals surface area contributed by atoms with Crippen molar-refractivity contribution in [2.24, 2.45) is 5.41 Å². The number of ketones is 1. The second-order valence-electron chi connectivity index (χ2n) is 10.8. The first-order valence-electron chi connectivity index (χ1n) is 12.1. The Morgan fingerprint density at radius 2 is 1.97 bits per heavy atom. The molecule has 0 bridgehead atoms. The van der Waals surface area contributed by atoms with Gasteiger partial charge >= 0.3 is 6.09 Å². The van der Waals surface area contributed by atoms with Crippen LogP contribution >= 0.6 is 0 Å². The van der Waals surface area contributed by atoms with Gasteiger partial charge in [-0.05, 0) is 38.8 Å². The van der Waals surface area contributed by atoms with E-state index in [9.17, 15) is 14.9 Å². The number of aromatic nitrogens is 3. The third-order valence-electron chi connectivity index (χ3n) is 6.52. The minimum Gasteiger partial charge on any atom is -0.444 e. The molecule has 0 spiro atoms. The van der Waals surface area contributed by atoms with Crippen LogP contribution in [0, 0.1) is 23.7 Å². The zero-order chi connectivity index (χ0) is 27.1. The summed E-state index contributed by atoms with van der Waals surface area (Å²) in [5.74, 6) is 0.183. The Labute approximate surface area is 215 Å². The number of nitriles is 1. The third kappa shape index (κ3) is 4.99. The van der Waals surface area contributed by atoms with Crippen LogP contribution in [0.2, 0.25) is 0 Å². The number of carbonyl (C=O) groups is 2. The van der Waals surface area contributed by atoms with Crippen LogP contribution in [0.1, 0.15) is 56.4 Å². The summed E-state index contributed by atoms with van der Waals surface area (Å²) >= 11 is 0. The first kappa shape index (κ1) is 26.1. The molecule has 194 valence electrons. The Morgan fingerprint density at radius 1 is 1.30 bits per heavy atom. The van der Waals surface area contributed by atoms with Crippen LogP contribution in [0.5, 0.6) is 0 Å². The molecule has 4 rings (SSSR count). The van der Waals surface area contributed by atoms with E-state index in [4.69, 9.17) is 4.74 Å². The minimum absolute atomic E-state index is 0.0206. The van der Waals surface area contributed by atoms with Gasteiger partial charge in [0.25, 0.3) is 0 Å². The molecule has 3 aromatic rings. The highest BCUT2D eigenvalue weighted by Crippen LogP contribution is 2.42. The normalized spacial score (nSPS) is 19.6. The van der Waals surface area contributed by atoms with Crippen LogP contribution in [-0.4, -0.2) is 57.9 Å². The highest BCUT2D eigenvalue weighted by molar-refractivity contribution is 5.92. The molecule has 3 heterocycles. The predicted octanol–water partition coefficient (Wildman–Crippen LogP) is 4.47. The molecule has 1 N–H and O–H groups in total. The Bertz CT molecular complexity index is 1410. The number of Topliss-reactive ketones (excluding diaryl/α,β-unsaturated/α-hetero) is 1. The number of anilines is 1. The van der Waals surface area contributed by atoms with E-state index in [-0.39, 0.29) is 36.9 Å². The molecule has 2 atom stereocenters. The number of alkyl halides is 1. The number of hydrogen-bond donors (Lipinski definition) is 1. The summed E-state index contributed by atoms with van der Waals surface area (Å²) in [5.41, 5.74) is 1.14. The van der Waals surface area contributed by atoms with Gasteiger partial charge < -0.3 is 15.0 Å². The summed E-state index contributed by atoms with van der Waals surface area (Å²) < 4.78 is 22.4. The SMILES string of the molecule is CC(=O)c1nc2c(C#N)c(C)c(-c3ccccc3)c(N3CC(F)[C@](C)(CNC(=O)OC(C)(C)C)C3)n2n1. The van der Waals surface area contributed by atoms with Gasteiger partial charge in [0.05, 0.1) is 6.54 Å². The first-order chi connectivity index (χ1) is 17.3. The van der Waals surface area contributed by atoms with Gasteiger partial charge in [0.2, 0.25) is 5.82 Å². The number of fused-ring (bicyclic) bond motifs is 1. The minimum atomic E-state index is -1.28. The number of pyridine rings is 1. The van der Waals surface area contributed by atoms with Gasteiger partial charge in [-0.25, -0.2) is 14.2 Å². The fraction of sp³-hybridized carbons (Fsp3) is 0.444. The average Bonchev–Trinajstić information content (AvgIpc) is 3.38. The molecule has 0 aliphatic carbocycles. The summed E-state index contributed by atoms with van der Waals surface area (Å²) in [6.45, 7) is 10.6. The van der Waals surface area contributed by atoms with Crippen molar-refractivity contribution in [3.63, 3.8) is 0 Å². The quantitative estimate of drug-likeness (QED) is 0.508. The van der Waals surface area contributed by atoms with E-state index < -0.39 is 23.3 Å². The summed E-state index contributed by atoms with van der Waals surface area (Å²) in [6.07, 6.45) is -1.89. The van der Waals surface area contributed by atoms with Gasteiger partial charge in [-0.3, -0.25) is 4.79 Å². The van der Waals surface area contributed by atoms with Gasteiger partial charge in [0.15, 0.2) is 11.4 Å². The van der Waals surface area contributed by atoms with Crippen molar-refractivity contribution in [1.82, 2.24) is 19.9 Å². The fourth-order valence-electron chi connectivity index (χ4n) is 4.64. The molecule has 2 aromatic heterocycles. The molecule has 1 amide bonds. The molecule has 37 heavy (non-hydrogen) atoms. The number of benzene rings is 1. The summed E-state index contributed by atoms with van der Waals surface area (Å²) in [6, 6.07) is 11.7. The van der Waals surface area contributed by atoms with Gasteiger partial charge in [-0.15, -0.1) is 5.10 Å². The van der Waals surface area contributed by atoms with Crippen LogP contribution in [-0.2, 0) is 4.74 Å². The molecule has 1 unspecified atom stereocenters. The molecule has 10 heteroatoms. The Kier molecular flexibility index (Phi) is 6.67. The zero-order valence-corrected chi connectivity index (χ0v) is 21.9. The summed E-state index contributed by atoms with van der Waals surface area (Å²) in [7, 11) is 0. The third-order valence-corrected chi connectivity index (χ3v) is 6.52. The van der Waals surface area contributed by atoms with E-state index >= 15 is 4.39 Å². The van der Waals surface area contributed by atoms with E-state index in [1.54, 1.807) is 27.7 Å². The van der Waals surface area contributed by atoms with Crippen molar-refractivity contribution in [2.45, 2.75) is 53.3 Å². The zero-order valence-electron chi connectivity index (χ0n) is 21.9. The molecule has 1 aliphatic heterocycles. The lowest BCUT2D eigenvalue weighted by atomic mass is 9.88. The molecule has 0 radical (unpaired) electrons. The second kappa shape index (κ2) is 9.47. The number of carbonyl (C=O) groups excluding carboxylic acids is 2. The van der Waals surface area contributed by atoms with Gasteiger partial charge in [-0.2, -0.15) is 9.78 Å². The maximum atomic E-state index is 15.6. The van der Waals surface area contributed by atoms with Crippen LogP contribution in [0.15, 0.2) is 30.3 Å². The molecular weight excluding hydrogens is 475 g/mol. The van der Waals surface area contributed by atoms with E-state index in [1.165, 1.54) is 11.4 Å². The monoisotopic (exact) mass is 506 g/mol. The fourth-order valence-corrected chi connectivity index (χ4v) is 4.64. The molecule has 9 nitrogen and oxygen atoms in total. The highest BCUT2D eigenvalue weighted by atomic mass is 19.1. The van der Waals surface area contributed by atoms with Gasteiger partial charge in [0, 0.05) is 31.0 Å². The lowest BCUT2D eigenvalue weighted by Crippen LogP contribution is -2.43. The van der Waals surface area contributed by atoms with Crippen molar-refractivity contribution in [1.29, 1.82) is 5.26 Å². The largest absolute Gasteiger partial charge is 0.444 e. The number of nitrogens with one attached hydrogen (secondary N) is 1. The van der Waals surface area contributed by atoms with E-state index in [0.29, 0.717) is 22.5 Å². The smallest absolute Gasteiger partial charge is 0.407 e. The lowest BCUT2D eigenvalue weighted by molar-refractivity contribution is 0.0489. The molecule has 0 saturated carbocycles.